The SMILES string of the molecule is Cc1ccc(C(=O)COc2cc3c(C)cc(=O)oc3cc2Cl)cc1. The molecule has 0 saturated carbocycles. The Kier molecular flexibility index (Phi) is 4.40. The number of aryl methyl sites for hydroxylation is 2. The summed E-state index contributed by atoms with van der Waals surface area (Å²) in [5, 5.41) is 1.00. The van der Waals surface area contributed by atoms with E-state index in [1.807, 2.05) is 19.1 Å². The Morgan fingerprint density at radius 1 is 1.12 bits per heavy atom. The van der Waals surface area contributed by atoms with E-state index in [1.165, 1.54) is 12.1 Å². The molecule has 0 atom stereocenters. The Morgan fingerprint density at radius 3 is 2.54 bits per heavy atom. The number of carbonyl (C=O) groups excluding carboxylic acids is 1. The predicted molar refractivity (Wildman–Crippen MR) is 93.2 cm³/mol. The molecule has 2 aromatic carbocycles. The molecule has 0 spiro atoms. The first-order valence-corrected chi connectivity index (χ1v) is 7.78. The molecule has 0 aliphatic rings. The third-order valence-corrected chi connectivity index (χ3v) is 4.03. The van der Waals surface area contributed by atoms with Gasteiger partial charge in [-0.2, -0.15) is 0 Å². The van der Waals surface area contributed by atoms with Crippen molar-refractivity contribution in [2.24, 2.45) is 0 Å². The first-order valence-electron chi connectivity index (χ1n) is 7.41. The van der Waals surface area contributed by atoms with E-state index in [-0.39, 0.29) is 17.4 Å². The zero-order valence-corrected chi connectivity index (χ0v) is 14.0. The molecule has 122 valence electrons. The average Bonchev–Trinajstić information content (AvgIpc) is 2.53. The number of benzene rings is 2. The van der Waals surface area contributed by atoms with Crippen molar-refractivity contribution in [3.8, 4) is 5.75 Å². The minimum absolute atomic E-state index is 0.121. The van der Waals surface area contributed by atoms with Gasteiger partial charge >= 0.3 is 5.63 Å². The van der Waals surface area contributed by atoms with Crippen LogP contribution < -0.4 is 10.4 Å². The Balaban J connectivity index is 1.84. The first kappa shape index (κ1) is 16.3. The number of halogens is 1. The number of Topliss-reactive ketones (excluding diaryl/α,β-unsaturated/α-hetero) is 1. The topological polar surface area (TPSA) is 56.5 Å². The maximum atomic E-state index is 12.2. The van der Waals surface area contributed by atoms with Crippen molar-refractivity contribution in [2.45, 2.75) is 13.8 Å². The summed E-state index contributed by atoms with van der Waals surface area (Å²) in [5.41, 5.74) is 2.39. The van der Waals surface area contributed by atoms with Gasteiger partial charge in [0, 0.05) is 23.1 Å². The number of carbonyl (C=O) groups is 1. The lowest BCUT2D eigenvalue weighted by atomic mass is 10.1. The summed E-state index contributed by atoms with van der Waals surface area (Å²) in [6.45, 7) is 3.64. The van der Waals surface area contributed by atoms with Crippen LogP contribution in [0.3, 0.4) is 0 Å². The number of hydrogen-bond acceptors (Lipinski definition) is 4. The highest BCUT2D eigenvalue weighted by Gasteiger charge is 2.12. The first-order chi connectivity index (χ1) is 11.4. The van der Waals surface area contributed by atoms with Crippen LogP contribution in [0.2, 0.25) is 5.02 Å². The number of fused-ring (bicyclic) bond motifs is 1. The van der Waals surface area contributed by atoms with E-state index in [9.17, 15) is 9.59 Å². The van der Waals surface area contributed by atoms with E-state index in [0.717, 1.165) is 16.5 Å². The molecule has 1 aromatic heterocycles. The third-order valence-electron chi connectivity index (χ3n) is 3.74. The van der Waals surface area contributed by atoms with Gasteiger partial charge in [0.2, 0.25) is 0 Å². The van der Waals surface area contributed by atoms with Crippen LogP contribution in [0.15, 0.2) is 51.7 Å². The minimum Gasteiger partial charge on any atom is -0.484 e. The molecule has 4 nitrogen and oxygen atoms in total. The summed E-state index contributed by atoms with van der Waals surface area (Å²) in [4.78, 5) is 23.6. The summed E-state index contributed by atoms with van der Waals surface area (Å²) in [7, 11) is 0. The van der Waals surface area contributed by atoms with E-state index in [1.54, 1.807) is 25.1 Å². The van der Waals surface area contributed by atoms with Gasteiger partial charge < -0.3 is 9.15 Å². The van der Waals surface area contributed by atoms with Crippen LogP contribution >= 0.6 is 11.6 Å². The highest BCUT2D eigenvalue weighted by Crippen LogP contribution is 2.31. The summed E-state index contributed by atoms with van der Waals surface area (Å²) in [6, 6.07) is 11.9. The molecule has 0 bridgehead atoms. The molecule has 3 rings (SSSR count). The summed E-state index contributed by atoms with van der Waals surface area (Å²) in [6.07, 6.45) is 0. The number of rotatable bonds is 4. The van der Waals surface area contributed by atoms with E-state index < -0.39 is 5.63 Å². The highest BCUT2D eigenvalue weighted by molar-refractivity contribution is 6.32. The van der Waals surface area contributed by atoms with Gasteiger partial charge in [0.15, 0.2) is 12.4 Å². The van der Waals surface area contributed by atoms with Crippen LogP contribution in [0.4, 0.5) is 0 Å². The van der Waals surface area contributed by atoms with Crippen LogP contribution in [0.1, 0.15) is 21.5 Å². The second kappa shape index (κ2) is 6.49. The van der Waals surface area contributed by atoms with Crippen molar-refractivity contribution in [3.63, 3.8) is 0 Å². The fourth-order valence-corrected chi connectivity index (χ4v) is 2.61. The molecule has 0 saturated heterocycles. The maximum absolute atomic E-state index is 12.2. The number of ether oxygens (including phenoxy) is 1. The Hall–Kier alpha value is -2.59. The van der Waals surface area contributed by atoms with Crippen molar-refractivity contribution < 1.29 is 13.9 Å². The molecule has 0 fully saturated rings. The molecule has 24 heavy (non-hydrogen) atoms. The Labute approximate surface area is 143 Å². The van der Waals surface area contributed by atoms with Crippen LogP contribution in [-0.2, 0) is 0 Å². The van der Waals surface area contributed by atoms with Crippen LogP contribution in [0.25, 0.3) is 11.0 Å². The predicted octanol–water partition coefficient (Wildman–Crippen LogP) is 4.32. The normalized spacial score (nSPS) is 10.8. The molecule has 1 heterocycles. The molecule has 3 aromatic rings. The second-order valence-corrected chi connectivity index (χ2v) is 6.01. The lowest BCUT2D eigenvalue weighted by Gasteiger charge is -2.09. The van der Waals surface area contributed by atoms with Crippen molar-refractivity contribution in [1.29, 1.82) is 0 Å². The van der Waals surface area contributed by atoms with E-state index >= 15 is 0 Å². The Bertz CT molecular complexity index is 971. The number of ketones is 1. The lowest BCUT2D eigenvalue weighted by Crippen LogP contribution is -2.11. The molecule has 0 N–H and O–H groups in total. The molecule has 0 amide bonds. The molecule has 0 aliphatic carbocycles. The Morgan fingerprint density at radius 2 is 1.83 bits per heavy atom. The minimum atomic E-state index is -0.431. The third kappa shape index (κ3) is 3.34. The molecular formula is C19H15ClO4. The average molecular weight is 343 g/mol. The molecule has 0 unspecified atom stereocenters. The van der Waals surface area contributed by atoms with Gasteiger partial charge in [0.05, 0.1) is 5.02 Å². The number of hydrogen-bond donors (Lipinski definition) is 0. The monoisotopic (exact) mass is 342 g/mol. The van der Waals surface area contributed by atoms with E-state index in [0.29, 0.717) is 16.9 Å². The fourth-order valence-electron chi connectivity index (χ4n) is 2.40. The highest BCUT2D eigenvalue weighted by atomic mass is 35.5. The van der Waals surface area contributed by atoms with Gasteiger partial charge in [-0.1, -0.05) is 41.4 Å². The largest absolute Gasteiger partial charge is 0.484 e. The smallest absolute Gasteiger partial charge is 0.336 e. The van der Waals surface area contributed by atoms with Gasteiger partial charge in [-0.15, -0.1) is 0 Å². The zero-order valence-electron chi connectivity index (χ0n) is 13.3. The summed E-state index contributed by atoms with van der Waals surface area (Å²) >= 11 is 6.16. The molecular weight excluding hydrogens is 328 g/mol. The van der Waals surface area contributed by atoms with Gasteiger partial charge in [-0.25, -0.2) is 4.79 Å². The van der Waals surface area contributed by atoms with Gasteiger partial charge in [0.1, 0.15) is 11.3 Å². The molecule has 0 aliphatic heterocycles. The van der Waals surface area contributed by atoms with Crippen molar-refractivity contribution in [2.75, 3.05) is 6.61 Å². The summed E-state index contributed by atoms with van der Waals surface area (Å²) in [5.74, 6) is 0.240. The molecule has 0 radical (unpaired) electrons. The van der Waals surface area contributed by atoms with Gasteiger partial charge in [-0.3, -0.25) is 4.79 Å². The lowest BCUT2D eigenvalue weighted by molar-refractivity contribution is 0.0921. The van der Waals surface area contributed by atoms with Crippen LogP contribution in [0.5, 0.6) is 5.75 Å². The van der Waals surface area contributed by atoms with Gasteiger partial charge in [-0.05, 0) is 25.5 Å². The van der Waals surface area contributed by atoms with Gasteiger partial charge in [0.25, 0.3) is 0 Å². The zero-order chi connectivity index (χ0) is 17.3. The fraction of sp³-hybridized carbons (Fsp3) is 0.158. The summed E-state index contributed by atoms with van der Waals surface area (Å²) < 4.78 is 10.7. The van der Waals surface area contributed by atoms with E-state index in [2.05, 4.69) is 0 Å². The van der Waals surface area contributed by atoms with Crippen LogP contribution in [-0.4, -0.2) is 12.4 Å². The van der Waals surface area contributed by atoms with Crippen molar-refractivity contribution >= 4 is 28.4 Å². The van der Waals surface area contributed by atoms with Crippen molar-refractivity contribution in [1.82, 2.24) is 0 Å². The quantitative estimate of drug-likeness (QED) is 0.523. The van der Waals surface area contributed by atoms with E-state index in [4.69, 9.17) is 20.8 Å². The van der Waals surface area contributed by atoms with Crippen LogP contribution in [0, 0.1) is 13.8 Å². The second-order valence-electron chi connectivity index (χ2n) is 5.61. The maximum Gasteiger partial charge on any atom is 0.336 e. The standard InChI is InChI=1S/C19H15ClO4/c1-11-3-5-13(6-4-11)16(21)10-23-18-8-14-12(2)7-19(22)24-17(14)9-15(18)20/h3-9H,10H2,1-2H3. The molecule has 5 heteroatoms. The van der Waals surface area contributed by atoms with Crippen molar-refractivity contribution in [3.05, 3.63) is 74.6 Å².